The molecule has 0 bridgehead atoms. The molecule has 2 aromatic rings. The van der Waals surface area contributed by atoms with Gasteiger partial charge >= 0.3 is 0 Å². The molecule has 0 fully saturated rings. The molecule has 0 spiro atoms. The van der Waals surface area contributed by atoms with Crippen LogP contribution < -0.4 is 9.47 Å². The van der Waals surface area contributed by atoms with Crippen molar-refractivity contribution in [1.82, 2.24) is 0 Å². The maximum atomic E-state index is 6.07. The number of hydrogen-bond donors (Lipinski definition) is 1. The first-order valence-corrected chi connectivity index (χ1v) is 8.57. The van der Waals surface area contributed by atoms with Gasteiger partial charge in [-0.2, -0.15) is 12.6 Å². The molecule has 0 atom stereocenters. The summed E-state index contributed by atoms with van der Waals surface area (Å²) < 4.78 is 11.7. The SMILES string of the molecule is CC(=S)Oc1cccc(CS)c1COc1cc(C)c(C)cc1C. The largest absolute Gasteiger partial charge is 0.488 e. The van der Waals surface area contributed by atoms with Crippen molar-refractivity contribution in [3.8, 4) is 11.5 Å². The average molecular weight is 347 g/mol. The third kappa shape index (κ3) is 4.49. The summed E-state index contributed by atoms with van der Waals surface area (Å²) in [6, 6.07) is 10.1. The zero-order valence-electron chi connectivity index (χ0n) is 14.0. The zero-order valence-corrected chi connectivity index (χ0v) is 15.7. The highest BCUT2D eigenvalue weighted by Crippen LogP contribution is 2.28. The molecule has 2 rings (SSSR count). The summed E-state index contributed by atoms with van der Waals surface area (Å²) in [5.41, 5.74) is 5.70. The highest BCUT2D eigenvalue weighted by molar-refractivity contribution is 7.80. The minimum atomic E-state index is 0.429. The Labute approximate surface area is 149 Å². The lowest BCUT2D eigenvalue weighted by Crippen LogP contribution is -2.07. The number of aryl methyl sites for hydroxylation is 3. The molecule has 0 N–H and O–H groups in total. The van der Waals surface area contributed by atoms with Crippen molar-refractivity contribution < 1.29 is 9.47 Å². The second-order valence-electron chi connectivity index (χ2n) is 5.64. The van der Waals surface area contributed by atoms with Crippen molar-refractivity contribution in [2.75, 3.05) is 0 Å². The average Bonchev–Trinajstić information content (AvgIpc) is 2.49. The van der Waals surface area contributed by atoms with E-state index >= 15 is 0 Å². The van der Waals surface area contributed by atoms with E-state index < -0.39 is 0 Å². The van der Waals surface area contributed by atoms with E-state index in [0.717, 1.165) is 28.2 Å². The van der Waals surface area contributed by atoms with Gasteiger partial charge in [0.15, 0.2) is 5.05 Å². The van der Waals surface area contributed by atoms with Crippen LogP contribution in [0, 0.1) is 20.8 Å². The van der Waals surface area contributed by atoms with E-state index in [1.165, 1.54) is 11.1 Å². The molecule has 2 nitrogen and oxygen atoms in total. The van der Waals surface area contributed by atoms with Gasteiger partial charge in [-0.3, -0.25) is 0 Å². The molecular formula is C19H22O2S2. The molecule has 0 amide bonds. The molecule has 122 valence electrons. The number of ether oxygens (including phenoxy) is 2. The van der Waals surface area contributed by atoms with Crippen molar-refractivity contribution in [3.05, 3.63) is 58.1 Å². The van der Waals surface area contributed by atoms with Crippen LogP contribution in [0.2, 0.25) is 0 Å². The predicted molar refractivity (Wildman–Crippen MR) is 103 cm³/mol. The van der Waals surface area contributed by atoms with E-state index in [9.17, 15) is 0 Å². The highest BCUT2D eigenvalue weighted by Gasteiger charge is 2.12. The normalized spacial score (nSPS) is 10.5. The Morgan fingerprint density at radius 3 is 2.39 bits per heavy atom. The van der Waals surface area contributed by atoms with Gasteiger partial charge in [0.2, 0.25) is 0 Å². The van der Waals surface area contributed by atoms with Crippen LogP contribution >= 0.6 is 24.8 Å². The van der Waals surface area contributed by atoms with Crippen LogP contribution in [0.25, 0.3) is 0 Å². The van der Waals surface area contributed by atoms with E-state index in [0.29, 0.717) is 17.4 Å². The van der Waals surface area contributed by atoms with Gasteiger partial charge in [0.25, 0.3) is 0 Å². The Morgan fingerprint density at radius 2 is 1.74 bits per heavy atom. The van der Waals surface area contributed by atoms with Crippen LogP contribution in [0.15, 0.2) is 30.3 Å². The molecule has 0 heterocycles. The van der Waals surface area contributed by atoms with Crippen LogP contribution in [0.4, 0.5) is 0 Å². The molecule has 0 saturated heterocycles. The minimum absolute atomic E-state index is 0.429. The van der Waals surface area contributed by atoms with Crippen LogP contribution in [0.3, 0.4) is 0 Å². The fraction of sp³-hybridized carbons (Fsp3) is 0.316. The lowest BCUT2D eigenvalue weighted by atomic mass is 10.1. The predicted octanol–water partition coefficient (Wildman–Crippen LogP) is 5.35. The second-order valence-corrected chi connectivity index (χ2v) is 6.53. The van der Waals surface area contributed by atoms with Gasteiger partial charge in [-0.25, -0.2) is 0 Å². The van der Waals surface area contributed by atoms with E-state index in [1.807, 2.05) is 18.2 Å². The smallest absolute Gasteiger partial charge is 0.164 e. The standard InChI is InChI=1S/C19H22O2S2/c1-12-8-14(3)19(9-13(12)2)20-10-17-16(11-22)6-5-7-18(17)21-15(4)23/h5-9,22H,10-11H2,1-4H3. The van der Waals surface area contributed by atoms with Gasteiger partial charge in [-0.05, 0) is 67.4 Å². The number of thiol groups is 1. The maximum Gasteiger partial charge on any atom is 0.164 e. The molecule has 0 aliphatic rings. The van der Waals surface area contributed by atoms with Crippen molar-refractivity contribution >= 4 is 29.9 Å². The minimum Gasteiger partial charge on any atom is -0.488 e. The Hall–Kier alpha value is -1.52. The van der Waals surface area contributed by atoms with E-state index in [2.05, 4.69) is 45.5 Å². The molecule has 0 aromatic heterocycles. The van der Waals surface area contributed by atoms with Crippen LogP contribution in [0.1, 0.15) is 34.7 Å². The van der Waals surface area contributed by atoms with Crippen molar-refractivity contribution in [2.24, 2.45) is 0 Å². The molecule has 2 aromatic carbocycles. The fourth-order valence-corrected chi connectivity index (χ4v) is 2.80. The van der Waals surface area contributed by atoms with Crippen LogP contribution in [0.5, 0.6) is 11.5 Å². The lowest BCUT2D eigenvalue weighted by Gasteiger charge is -2.16. The third-order valence-corrected chi connectivity index (χ3v) is 4.24. The maximum absolute atomic E-state index is 6.07. The van der Waals surface area contributed by atoms with Gasteiger partial charge in [0, 0.05) is 18.2 Å². The van der Waals surface area contributed by atoms with Crippen molar-refractivity contribution in [2.45, 2.75) is 40.1 Å². The van der Waals surface area contributed by atoms with Crippen molar-refractivity contribution in [1.29, 1.82) is 0 Å². The topological polar surface area (TPSA) is 18.5 Å². The first-order chi connectivity index (χ1) is 10.9. The van der Waals surface area contributed by atoms with Crippen LogP contribution in [-0.4, -0.2) is 5.05 Å². The number of rotatable bonds is 5. The summed E-state index contributed by atoms with van der Waals surface area (Å²) >= 11 is 9.47. The van der Waals surface area contributed by atoms with Gasteiger partial charge < -0.3 is 9.47 Å². The van der Waals surface area contributed by atoms with Crippen LogP contribution in [-0.2, 0) is 12.4 Å². The first kappa shape index (κ1) is 17.8. The molecular weight excluding hydrogens is 324 g/mol. The Balaban J connectivity index is 2.29. The molecule has 0 unspecified atom stereocenters. The van der Waals surface area contributed by atoms with Gasteiger partial charge in [-0.1, -0.05) is 18.2 Å². The summed E-state index contributed by atoms with van der Waals surface area (Å²) in [4.78, 5) is 0. The summed E-state index contributed by atoms with van der Waals surface area (Å²) in [6.45, 7) is 8.45. The Kier molecular flexibility index (Phi) is 6.08. The lowest BCUT2D eigenvalue weighted by molar-refractivity contribution is 0.299. The molecule has 0 radical (unpaired) electrons. The van der Waals surface area contributed by atoms with E-state index in [4.69, 9.17) is 21.7 Å². The monoisotopic (exact) mass is 346 g/mol. The number of benzene rings is 2. The fourth-order valence-electron chi connectivity index (χ4n) is 2.41. The summed E-state index contributed by atoms with van der Waals surface area (Å²) in [6.07, 6.45) is 0. The summed E-state index contributed by atoms with van der Waals surface area (Å²) in [5.74, 6) is 2.26. The quantitative estimate of drug-likeness (QED) is 0.582. The Bertz CT molecular complexity index is 724. The van der Waals surface area contributed by atoms with Gasteiger partial charge in [-0.15, -0.1) is 0 Å². The van der Waals surface area contributed by atoms with Gasteiger partial charge in [0.1, 0.15) is 18.1 Å². The summed E-state index contributed by atoms with van der Waals surface area (Å²) in [5, 5.41) is 0.491. The molecule has 0 aliphatic carbocycles. The number of hydrogen-bond acceptors (Lipinski definition) is 4. The molecule has 0 aliphatic heterocycles. The highest BCUT2D eigenvalue weighted by atomic mass is 32.1. The van der Waals surface area contributed by atoms with E-state index in [-0.39, 0.29) is 0 Å². The first-order valence-electron chi connectivity index (χ1n) is 7.53. The summed E-state index contributed by atoms with van der Waals surface area (Å²) in [7, 11) is 0. The third-order valence-electron chi connectivity index (χ3n) is 3.82. The molecule has 4 heteroatoms. The van der Waals surface area contributed by atoms with E-state index in [1.54, 1.807) is 6.92 Å². The number of thiocarbonyl (C=S) groups is 1. The molecule has 0 saturated carbocycles. The van der Waals surface area contributed by atoms with Gasteiger partial charge in [0.05, 0.1) is 0 Å². The Morgan fingerprint density at radius 1 is 1.04 bits per heavy atom. The molecule has 23 heavy (non-hydrogen) atoms. The van der Waals surface area contributed by atoms with Crippen molar-refractivity contribution in [3.63, 3.8) is 0 Å². The zero-order chi connectivity index (χ0) is 17.0. The second kappa shape index (κ2) is 7.84.